The summed E-state index contributed by atoms with van der Waals surface area (Å²) in [6.07, 6.45) is 3.83. The molecule has 1 aliphatic rings. The number of imidazole rings is 1. The summed E-state index contributed by atoms with van der Waals surface area (Å²) in [6.45, 7) is 2.26. The second-order valence-electron chi connectivity index (χ2n) is 6.06. The molecule has 5 heteroatoms. The van der Waals surface area contributed by atoms with Crippen molar-refractivity contribution in [3.63, 3.8) is 0 Å². The Morgan fingerprint density at radius 2 is 1.88 bits per heavy atom. The molecule has 0 radical (unpaired) electrons. The van der Waals surface area contributed by atoms with Crippen molar-refractivity contribution in [1.29, 1.82) is 0 Å². The van der Waals surface area contributed by atoms with Gasteiger partial charge in [0.1, 0.15) is 0 Å². The number of fused-ring (bicyclic) bond motifs is 2. The first-order valence-electron chi connectivity index (χ1n) is 8.08. The number of benzene rings is 2. The third kappa shape index (κ3) is 2.41. The summed E-state index contributed by atoms with van der Waals surface area (Å²) in [5, 5.41) is 1.09. The molecule has 2 aromatic carbocycles. The minimum atomic E-state index is 0.278. The van der Waals surface area contributed by atoms with Crippen LogP contribution in [0.3, 0.4) is 0 Å². The molecule has 0 atom stereocenters. The first-order chi connectivity index (χ1) is 12.3. The van der Waals surface area contributed by atoms with Crippen LogP contribution in [0.25, 0.3) is 27.8 Å². The van der Waals surface area contributed by atoms with Crippen molar-refractivity contribution < 1.29 is 9.47 Å². The lowest BCUT2D eigenvalue weighted by molar-refractivity contribution is 0.174. The van der Waals surface area contributed by atoms with Crippen LogP contribution < -0.4 is 9.47 Å². The standard InChI is InChI=1S/C20H15N3O2/c1-13-10-23(11-21-13)16-4-6-18-14(8-16)2-5-17(22-18)15-3-7-19-20(9-15)25-12-24-19/h2-11H,12H2,1H3. The van der Waals surface area contributed by atoms with Crippen LogP contribution in [0.2, 0.25) is 0 Å². The van der Waals surface area contributed by atoms with Gasteiger partial charge in [-0.05, 0) is 49.4 Å². The number of hydrogen-bond donors (Lipinski definition) is 0. The molecule has 0 saturated carbocycles. The van der Waals surface area contributed by atoms with Crippen LogP contribution in [-0.2, 0) is 0 Å². The first-order valence-corrected chi connectivity index (χ1v) is 8.08. The van der Waals surface area contributed by atoms with E-state index in [9.17, 15) is 0 Å². The van der Waals surface area contributed by atoms with E-state index in [0.29, 0.717) is 0 Å². The predicted octanol–water partition coefficient (Wildman–Crippen LogP) is 4.12. The summed E-state index contributed by atoms with van der Waals surface area (Å²) in [6, 6.07) is 16.2. The highest BCUT2D eigenvalue weighted by molar-refractivity contribution is 5.83. The number of aromatic nitrogens is 3. The van der Waals surface area contributed by atoms with E-state index < -0.39 is 0 Å². The van der Waals surface area contributed by atoms with E-state index in [4.69, 9.17) is 14.5 Å². The summed E-state index contributed by atoms with van der Waals surface area (Å²) in [5.41, 5.74) is 4.95. The second-order valence-corrected chi connectivity index (χ2v) is 6.06. The molecule has 0 N–H and O–H groups in total. The van der Waals surface area contributed by atoms with E-state index in [2.05, 4.69) is 23.2 Å². The minimum Gasteiger partial charge on any atom is -0.454 e. The van der Waals surface area contributed by atoms with E-state index in [1.807, 2.05) is 54.3 Å². The largest absolute Gasteiger partial charge is 0.454 e. The number of rotatable bonds is 2. The number of pyridine rings is 1. The van der Waals surface area contributed by atoms with Gasteiger partial charge in [0.25, 0.3) is 0 Å². The molecule has 0 bridgehead atoms. The molecular weight excluding hydrogens is 314 g/mol. The Bertz CT molecular complexity index is 1100. The Hall–Kier alpha value is -3.34. The number of ether oxygens (including phenoxy) is 2. The third-order valence-electron chi connectivity index (χ3n) is 4.35. The summed E-state index contributed by atoms with van der Waals surface area (Å²) >= 11 is 0. The monoisotopic (exact) mass is 329 g/mol. The van der Waals surface area contributed by atoms with Gasteiger partial charge < -0.3 is 14.0 Å². The van der Waals surface area contributed by atoms with Crippen molar-refractivity contribution >= 4 is 10.9 Å². The van der Waals surface area contributed by atoms with Crippen LogP contribution >= 0.6 is 0 Å². The average molecular weight is 329 g/mol. The highest BCUT2D eigenvalue weighted by atomic mass is 16.7. The molecule has 5 nitrogen and oxygen atoms in total. The maximum atomic E-state index is 5.46. The molecule has 0 amide bonds. The molecular formula is C20H15N3O2. The van der Waals surface area contributed by atoms with Crippen molar-refractivity contribution in [3.8, 4) is 28.4 Å². The molecule has 2 aromatic heterocycles. The fourth-order valence-corrected chi connectivity index (χ4v) is 3.05. The van der Waals surface area contributed by atoms with Crippen LogP contribution in [0.1, 0.15) is 5.69 Å². The van der Waals surface area contributed by atoms with Gasteiger partial charge in [0.2, 0.25) is 6.79 Å². The predicted molar refractivity (Wildman–Crippen MR) is 95.2 cm³/mol. The van der Waals surface area contributed by atoms with Crippen molar-refractivity contribution in [1.82, 2.24) is 14.5 Å². The molecule has 0 saturated heterocycles. The Balaban J connectivity index is 1.56. The molecule has 0 spiro atoms. The zero-order valence-electron chi connectivity index (χ0n) is 13.6. The molecule has 0 unspecified atom stereocenters. The topological polar surface area (TPSA) is 49.2 Å². The summed E-state index contributed by atoms with van der Waals surface area (Å²) in [7, 11) is 0. The van der Waals surface area contributed by atoms with Gasteiger partial charge in [-0.15, -0.1) is 0 Å². The van der Waals surface area contributed by atoms with E-state index in [0.717, 1.165) is 45.0 Å². The zero-order valence-corrected chi connectivity index (χ0v) is 13.6. The highest BCUT2D eigenvalue weighted by Gasteiger charge is 2.14. The van der Waals surface area contributed by atoms with Gasteiger partial charge in [0, 0.05) is 22.8 Å². The zero-order chi connectivity index (χ0) is 16.8. The molecule has 5 rings (SSSR count). The number of hydrogen-bond acceptors (Lipinski definition) is 4. The Labute approximate surface area is 144 Å². The minimum absolute atomic E-state index is 0.278. The Morgan fingerprint density at radius 3 is 2.76 bits per heavy atom. The van der Waals surface area contributed by atoms with Gasteiger partial charge in [-0.2, -0.15) is 0 Å². The van der Waals surface area contributed by atoms with Crippen LogP contribution in [0.4, 0.5) is 0 Å². The summed E-state index contributed by atoms with van der Waals surface area (Å²) < 4.78 is 12.8. The second kappa shape index (κ2) is 5.34. The van der Waals surface area contributed by atoms with Crippen LogP contribution in [-0.4, -0.2) is 21.3 Å². The summed E-state index contributed by atoms with van der Waals surface area (Å²) in [5.74, 6) is 1.55. The lowest BCUT2D eigenvalue weighted by Gasteiger charge is -2.07. The first kappa shape index (κ1) is 14.0. The van der Waals surface area contributed by atoms with Crippen LogP contribution in [0, 0.1) is 6.92 Å². The lowest BCUT2D eigenvalue weighted by Crippen LogP contribution is -1.93. The van der Waals surface area contributed by atoms with E-state index >= 15 is 0 Å². The van der Waals surface area contributed by atoms with Gasteiger partial charge in [-0.25, -0.2) is 9.97 Å². The van der Waals surface area contributed by atoms with Gasteiger partial charge in [-0.3, -0.25) is 0 Å². The normalized spacial score (nSPS) is 12.7. The molecule has 1 aliphatic heterocycles. The molecule has 3 heterocycles. The van der Waals surface area contributed by atoms with E-state index in [-0.39, 0.29) is 6.79 Å². The fourth-order valence-electron chi connectivity index (χ4n) is 3.05. The van der Waals surface area contributed by atoms with Gasteiger partial charge in [-0.1, -0.05) is 6.07 Å². The molecule has 0 aliphatic carbocycles. The maximum Gasteiger partial charge on any atom is 0.231 e. The number of aryl methyl sites for hydroxylation is 1. The van der Waals surface area contributed by atoms with Gasteiger partial charge in [0.15, 0.2) is 11.5 Å². The van der Waals surface area contributed by atoms with E-state index in [1.54, 1.807) is 0 Å². The van der Waals surface area contributed by atoms with Gasteiger partial charge >= 0.3 is 0 Å². The van der Waals surface area contributed by atoms with Gasteiger partial charge in [0.05, 0.1) is 23.2 Å². The smallest absolute Gasteiger partial charge is 0.231 e. The highest BCUT2D eigenvalue weighted by Crippen LogP contribution is 2.35. The van der Waals surface area contributed by atoms with Crippen LogP contribution in [0.5, 0.6) is 11.5 Å². The molecule has 0 fully saturated rings. The average Bonchev–Trinajstić information content (AvgIpc) is 3.29. The fraction of sp³-hybridized carbons (Fsp3) is 0.100. The maximum absolute atomic E-state index is 5.46. The molecule has 122 valence electrons. The van der Waals surface area contributed by atoms with Crippen molar-refractivity contribution in [3.05, 3.63) is 66.7 Å². The summed E-state index contributed by atoms with van der Waals surface area (Å²) in [4.78, 5) is 9.07. The third-order valence-corrected chi connectivity index (χ3v) is 4.35. The lowest BCUT2D eigenvalue weighted by atomic mass is 10.1. The van der Waals surface area contributed by atoms with Crippen LogP contribution in [0.15, 0.2) is 61.1 Å². The van der Waals surface area contributed by atoms with Crippen molar-refractivity contribution in [2.24, 2.45) is 0 Å². The SMILES string of the molecule is Cc1cn(-c2ccc3nc(-c4ccc5c(c4)OCO5)ccc3c2)cn1. The van der Waals surface area contributed by atoms with Crippen molar-refractivity contribution in [2.45, 2.75) is 6.92 Å². The quantitative estimate of drug-likeness (QED) is 0.555. The van der Waals surface area contributed by atoms with Crippen molar-refractivity contribution in [2.75, 3.05) is 6.79 Å². The number of nitrogens with zero attached hydrogens (tertiary/aromatic N) is 3. The molecule has 25 heavy (non-hydrogen) atoms. The Morgan fingerprint density at radius 1 is 0.960 bits per heavy atom. The van der Waals surface area contributed by atoms with E-state index in [1.165, 1.54) is 0 Å². The Kier molecular flexibility index (Phi) is 3.00. The molecule has 4 aromatic rings.